The van der Waals surface area contributed by atoms with Crippen LogP contribution in [0.1, 0.15) is 123 Å². The van der Waals surface area contributed by atoms with Gasteiger partial charge in [-0.25, -0.2) is 0 Å². The van der Waals surface area contributed by atoms with Crippen LogP contribution in [0.4, 0.5) is 11.4 Å². The number of rotatable bonds is 18. The van der Waals surface area contributed by atoms with E-state index in [-0.39, 0.29) is 45.8 Å². The van der Waals surface area contributed by atoms with Crippen LogP contribution >= 0.6 is 0 Å². The van der Waals surface area contributed by atoms with E-state index in [1.54, 1.807) is 220 Å². The monoisotopic (exact) mass is 1890 g/mol. The summed E-state index contributed by atoms with van der Waals surface area (Å²) in [5.41, 5.74) is -9.32. The number of para-hydroxylation sites is 2. The Balaban J connectivity index is 0.000000157. The highest BCUT2D eigenvalue weighted by atomic mass is 16.5. The number of esters is 6. The average Bonchev–Trinajstić information content (AvgIpc) is 0.684. The van der Waals surface area contributed by atoms with Crippen LogP contribution in [0.15, 0.2) is 219 Å². The van der Waals surface area contributed by atoms with Crippen molar-refractivity contribution in [1.82, 2.24) is 84.8 Å². The number of methoxy groups -OCH3 is 6. The first-order chi connectivity index (χ1) is 65.8. The number of carbonyl (C=O) groups is 13. The molecule has 38 nitrogen and oxygen atoms in total. The van der Waals surface area contributed by atoms with Gasteiger partial charge in [0.1, 0.15) is 16.5 Å². The van der Waals surface area contributed by atoms with Crippen molar-refractivity contribution >= 4 is 88.2 Å². The lowest BCUT2D eigenvalue weighted by molar-refractivity contribution is -0.207. The Morgan fingerprint density at radius 3 is 0.826 bits per heavy atom. The second kappa shape index (κ2) is 41.0. The Hall–Kier alpha value is -14.2. The molecule has 4 N–H and O–H groups in total. The third-order valence-electron chi connectivity index (χ3n) is 26.8. The topological polar surface area (TPSA) is 451 Å². The molecule has 8 aromatic heterocycles. The van der Waals surface area contributed by atoms with Gasteiger partial charge in [0, 0.05) is 102 Å². The number of anilines is 2. The van der Waals surface area contributed by atoms with Gasteiger partial charge in [-0.3, -0.25) is 132 Å². The van der Waals surface area contributed by atoms with E-state index in [1.807, 2.05) is 96.9 Å². The molecular formula is C100H115N19O19. The first-order valence-electron chi connectivity index (χ1n) is 44.6. The van der Waals surface area contributed by atoms with Crippen LogP contribution in [0.25, 0.3) is 0 Å². The van der Waals surface area contributed by atoms with Gasteiger partial charge in [-0.2, -0.15) is 0 Å². The smallest absolute Gasteiger partial charge is 0.322 e. The number of pyridine rings is 8. The minimum Gasteiger partial charge on any atom is -0.468 e. The Labute approximate surface area is 799 Å². The van der Waals surface area contributed by atoms with E-state index in [0.717, 1.165) is 5.69 Å². The van der Waals surface area contributed by atoms with Crippen LogP contribution in [-0.2, 0) is 104 Å². The summed E-state index contributed by atoms with van der Waals surface area (Å²) in [6.07, 6.45) is 13.1. The zero-order valence-electron chi connectivity index (χ0n) is 80.1. The molecule has 12 atom stereocenters. The molecule has 724 valence electrons. The fourth-order valence-corrected chi connectivity index (χ4v) is 20.9. The largest absolute Gasteiger partial charge is 0.468 e. The molecule has 12 unspecified atom stereocenters. The molecule has 7 aliphatic rings. The Bertz CT molecular complexity index is 5650. The Kier molecular flexibility index (Phi) is 30.1. The summed E-state index contributed by atoms with van der Waals surface area (Å²) in [6, 6.07) is 44.8. The van der Waals surface area contributed by atoms with Crippen molar-refractivity contribution in [1.29, 1.82) is 0 Å². The minimum atomic E-state index is -1.77. The van der Waals surface area contributed by atoms with Crippen LogP contribution < -0.4 is 21.3 Å². The summed E-state index contributed by atoms with van der Waals surface area (Å²) in [7, 11) is 16.7. The zero-order valence-corrected chi connectivity index (χ0v) is 80.1. The normalized spacial score (nSPS) is 26.8. The predicted octanol–water partition coefficient (Wildman–Crippen LogP) is 6.33. The number of fused-ring (bicyclic) bond motifs is 7. The number of hydrogen-bond acceptors (Lipinski definition) is 34. The number of hydrogen-bond donors (Lipinski definition) is 4. The van der Waals surface area contributed by atoms with Crippen molar-refractivity contribution in [2.75, 3.05) is 134 Å². The number of Topliss-reactive ketones (excluding diaryl/α,β-unsaturated/α-hetero) is 3. The van der Waals surface area contributed by atoms with E-state index in [4.69, 9.17) is 28.4 Å². The Morgan fingerprint density at radius 1 is 0.326 bits per heavy atom. The third-order valence-corrected chi connectivity index (χ3v) is 26.8. The van der Waals surface area contributed by atoms with E-state index in [9.17, 15) is 62.3 Å². The van der Waals surface area contributed by atoms with Gasteiger partial charge >= 0.3 is 35.8 Å². The zero-order chi connectivity index (χ0) is 99.8. The molecule has 38 heteroatoms. The fourth-order valence-electron chi connectivity index (χ4n) is 20.9. The number of ether oxygens (including phenoxy) is 6. The van der Waals surface area contributed by atoms with Crippen LogP contribution in [0, 0.1) is 37.9 Å². The van der Waals surface area contributed by atoms with Crippen molar-refractivity contribution < 1.29 is 90.8 Å². The number of amides is 4. The lowest BCUT2D eigenvalue weighted by atomic mass is 9.54. The molecule has 4 amide bonds. The highest BCUT2D eigenvalue weighted by molar-refractivity contribution is 6.20. The molecule has 9 aromatic rings. The summed E-state index contributed by atoms with van der Waals surface area (Å²) >= 11 is 0. The molecule has 138 heavy (non-hydrogen) atoms. The standard InChI is InChI=1S/2C28H29N5O5.C25H31N5O5.C19H26N4O4/c1-32-22(20-11-5-8-14-30-20)27(25(35)37-2)17-33(16-19-10-4-7-13-29-19)18-28(24(27)34,26(36)38-3)23(32)21-12-6-9-15-31-21;1-32-17-27(25(35)37-2)22(20-11-5-8-14-30-20)33(16-19-10-4-7-13-29-19)23(21-12-6-9-15-31-21)28(18-32,24(27)34)26(36)38-3;1-28(2)16-30-14-24(22(32)34-4)19(17-10-6-8-12-26-17)29(3)20(18-11-7-9-13-27-18)25(15-30,21(24)31)23(33)35-5;1-17(2)13(24)22-18(3,4)15(26)20-11-9-7-8-10-12(11)21-16(27)19(5,6)23-14(17)25/h2*4-15,22-23H,16-18H2,1-3H3;6-13,19-20H,14-16H2,1-5H3;7-10H,1-6H3,(H,20,26)(H,21,27)(H,22,24)(H,23,25). The summed E-state index contributed by atoms with van der Waals surface area (Å²) in [6.45, 7) is 10.2. The minimum absolute atomic E-state index is 0.00828. The lowest BCUT2D eigenvalue weighted by Gasteiger charge is -2.60. The maximum Gasteiger partial charge on any atom is 0.322 e. The molecule has 6 fully saturated rings. The highest BCUT2D eigenvalue weighted by Crippen LogP contribution is 2.64. The van der Waals surface area contributed by atoms with Gasteiger partial charge in [-0.15, -0.1) is 0 Å². The van der Waals surface area contributed by atoms with Crippen molar-refractivity contribution in [3.63, 3.8) is 0 Å². The van der Waals surface area contributed by atoms with E-state index >= 15 is 0 Å². The molecule has 15 heterocycles. The summed E-state index contributed by atoms with van der Waals surface area (Å²) < 4.78 is 31.8. The number of piperidine rings is 6. The van der Waals surface area contributed by atoms with Crippen LogP contribution in [-0.4, -0.2) is 286 Å². The molecule has 0 aliphatic carbocycles. The van der Waals surface area contributed by atoms with Crippen molar-refractivity contribution in [3.05, 3.63) is 265 Å². The SMILES string of the molecule is CC1(C)NC(=O)C(C)(C)C(=O)NC(C)(C)C(=O)Nc2ccccc2NC1=O.COC(=O)C12CN(C)CC(C(=O)OC)(C1=O)C(c1ccccn1)N(Cc1ccccn1)C2c1ccccn1.COC(=O)C12CN(CN(C)C)CC(C(=O)OC)(C1=O)C(c1ccccn1)N(C)C2c1ccccn1.COC(=O)C12CN(Cc3ccccn3)CC(C(=O)OC)(C1=O)C(c1ccccn1)N(C)C2c1ccccn1. The number of likely N-dealkylation sites (tertiary alicyclic amines) is 6. The summed E-state index contributed by atoms with van der Waals surface area (Å²) in [5, 5.41) is 10.7. The van der Waals surface area contributed by atoms with Crippen molar-refractivity contribution in [2.45, 2.75) is 102 Å². The van der Waals surface area contributed by atoms with E-state index < -0.39 is 162 Å². The maximum absolute atomic E-state index is 14.8. The van der Waals surface area contributed by atoms with Gasteiger partial charge in [0.25, 0.3) is 0 Å². The average molecular weight is 1890 g/mol. The first-order valence-corrected chi connectivity index (χ1v) is 44.6. The number of nitrogens with zero attached hydrogens (tertiary/aromatic N) is 15. The van der Waals surface area contributed by atoms with Gasteiger partial charge in [0.15, 0.2) is 49.8 Å². The first kappa shape index (κ1) is 101. The van der Waals surface area contributed by atoms with Crippen LogP contribution in [0.5, 0.6) is 0 Å². The number of ketones is 3. The maximum atomic E-state index is 14.8. The van der Waals surface area contributed by atoms with Gasteiger partial charge in [0.2, 0.25) is 23.6 Å². The molecule has 16 rings (SSSR count). The van der Waals surface area contributed by atoms with Crippen molar-refractivity contribution in [3.8, 4) is 0 Å². The van der Waals surface area contributed by atoms with Gasteiger partial charge in [-0.1, -0.05) is 60.7 Å². The number of benzene rings is 1. The molecule has 6 bridgehead atoms. The third kappa shape index (κ3) is 18.2. The van der Waals surface area contributed by atoms with Crippen molar-refractivity contribution in [2.24, 2.45) is 37.9 Å². The Morgan fingerprint density at radius 2 is 0.572 bits per heavy atom. The van der Waals surface area contributed by atoms with Crippen LogP contribution in [0.3, 0.4) is 0 Å². The molecule has 7 aliphatic heterocycles. The second-order valence-electron chi connectivity index (χ2n) is 37.1. The van der Waals surface area contributed by atoms with Crippen LogP contribution in [0.2, 0.25) is 0 Å². The molecule has 1 aromatic carbocycles. The van der Waals surface area contributed by atoms with Gasteiger partial charge < -0.3 is 54.6 Å². The lowest BCUT2D eigenvalue weighted by Crippen LogP contribution is -2.75. The van der Waals surface area contributed by atoms with Gasteiger partial charge in [-0.05, 0) is 186 Å². The molecule has 6 saturated heterocycles. The summed E-state index contributed by atoms with van der Waals surface area (Å²) in [4.78, 5) is 227. The van der Waals surface area contributed by atoms with E-state index in [2.05, 4.69) is 61.1 Å². The molecule has 0 spiro atoms. The molecule has 0 radical (unpaired) electrons. The van der Waals surface area contributed by atoms with E-state index in [1.165, 1.54) is 56.5 Å². The highest BCUT2D eigenvalue weighted by Gasteiger charge is 2.79. The quantitative estimate of drug-likeness (QED) is 0.0414. The second-order valence-corrected chi connectivity index (χ2v) is 37.1. The number of nitrogens with one attached hydrogen (secondary N) is 4. The summed E-state index contributed by atoms with van der Waals surface area (Å²) in [5.74, 6) is -8.17. The fraction of sp³-hybridized carbons (Fsp3) is 0.410. The van der Waals surface area contributed by atoms with E-state index in [0.29, 0.717) is 64.4 Å². The number of carbonyl (C=O) groups excluding carboxylic acids is 13. The molecule has 0 saturated carbocycles. The molecular weight excluding hydrogens is 1770 g/mol. The predicted molar refractivity (Wildman–Crippen MR) is 498 cm³/mol. The number of aromatic nitrogens is 8. The van der Waals surface area contributed by atoms with Gasteiger partial charge in [0.05, 0.1) is 143 Å².